The minimum absolute atomic E-state index is 0.0492. The summed E-state index contributed by atoms with van der Waals surface area (Å²) in [6, 6.07) is 8.20. The summed E-state index contributed by atoms with van der Waals surface area (Å²) >= 11 is 9.83. The molecule has 180 valence electrons. The SMILES string of the molecule is CCC[C@H]1CN(c2ncc(CO)cc2Cl)CCN1C1CCN(Cc2ccc(Br)cc2F)CC1. The molecule has 2 saturated heterocycles. The Labute approximate surface area is 209 Å². The van der Waals surface area contributed by atoms with Gasteiger partial charge in [0.05, 0.1) is 11.6 Å². The molecule has 1 aromatic carbocycles. The van der Waals surface area contributed by atoms with E-state index < -0.39 is 0 Å². The fourth-order valence-corrected chi connectivity index (χ4v) is 5.86. The highest BCUT2D eigenvalue weighted by Gasteiger charge is 2.34. The third-order valence-electron chi connectivity index (χ3n) is 6.95. The van der Waals surface area contributed by atoms with Crippen LogP contribution in [0.1, 0.15) is 43.7 Å². The highest BCUT2D eigenvalue weighted by atomic mass is 79.9. The van der Waals surface area contributed by atoms with Gasteiger partial charge in [-0.3, -0.25) is 9.80 Å². The van der Waals surface area contributed by atoms with Crippen molar-refractivity contribution in [1.29, 1.82) is 0 Å². The Balaban J connectivity index is 1.36. The van der Waals surface area contributed by atoms with Crippen molar-refractivity contribution >= 4 is 33.3 Å². The van der Waals surface area contributed by atoms with Gasteiger partial charge in [-0.1, -0.05) is 46.9 Å². The predicted octanol–water partition coefficient (Wildman–Crippen LogP) is 5.08. The molecule has 0 spiro atoms. The third-order valence-corrected chi connectivity index (χ3v) is 7.72. The molecule has 2 aliphatic rings. The lowest BCUT2D eigenvalue weighted by atomic mass is 9.97. The van der Waals surface area contributed by atoms with Crippen molar-refractivity contribution in [2.45, 2.75) is 57.8 Å². The Morgan fingerprint density at radius 2 is 1.97 bits per heavy atom. The van der Waals surface area contributed by atoms with Crippen LogP contribution < -0.4 is 4.90 Å². The molecule has 0 bridgehead atoms. The van der Waals surface area contributed by atoms with E-state index in [2.05, 4.69) is 42.5 Å². The Kier molecular flexibility index (Phi) is 8.63. The maximum absolute atomic E-state index is 14.3. The second kappa shape index (κ2) is 11.5. The molecule has 0 unspecified atom stereocenters. The zero-order valence-corrected chi connectivity index (χ0v) is 21.5. The van der Waals surface area contributed by atoms with Gasteiger partial charge in [0.1, 0.15) is 11.6 Å². The van der Waals surface area contributed by atoms with E-state index in [9.17, 15) is 9.50 Å². The van der Waals surface area contributed by atoms with Gasteiger partial charge in [0.15, 0.2) is 0 Å². The van der Waals surface area contributed by atoms with Crippen molar-refractivity contribution in [3.05, 3.63) is 56.9 Å². The van der Waals surface area contributed by atoms with Crippen LogP contribution in [0.3, 0.4) is 0 Å². The first-order valence-corrected chi connectivity index (χ1v) is 13.1. The molecule has 0 aliphatic carbocycles. The zero-order chi connectivity index (χ0) is 23.4. The third kappa shape index (κ3) is 6.06. The second-order valence-electron chi connectivity index (χ2n) is 9.18. The fourth-order valence-electron chi connectivity index (χ4n) is 5.22. The van der Waals surface area contributed by atoms with Gasteiger partial charge < -0.3 is 10.0 Å². The highest BCUT2D eigenvalue weighted by molar-refractivity contribution is 9.10. The molecule has 1 N–H and O–H groups in total. The highest BCUT2D eigenvalue weighted by Crippen LogP contribution is 2.30. The summed E-state index contributed by atoms with van der Waals surface area (Å²) in [6.45, 7) is 7.67. The summed E-state index contributed by atoms with van der Waals surface area (Å²) < 4.78 is 15.0. The summed E-state index contributed by atoms with van der Waals surface area (Å²) in [6.07, 6.45) is 6.23. The van der Waals surface area contributed by atoms with E-state index in [4.69, 9.17) is 11.6 Å². The average molecular weight is 540 g/mol. The van der Waals surface area contributed by atoms with Crippen LogP contribution >= 0.6 is 27.5 Å². The number of piperazine rings is 1. The maximum atomic E-state index is 14.3. The Bertz CT molecular complexity index is 941. The van der Waals surface area contributed by atoms with Gasteiger partial charge in [-0.25, -0.2) is 9.37 Å². The van der Waals surface area contributed by atoms with Crippen LogP contribution in [0, 0.1) is 5.82 Å². The Hall–Kier alpha value is -1.25. The molecule has 1 aromatic heterocycles. The van der Waals surface area contributed by atoms with Gasteiger partial charge in [0.2, 0.25) is 0 Å². The molecule has 0 saturated carbocycles. The number of anilines is 1. The van der Waals surface area contributed by atoms with E-state index in [0.717, 1.165) is 79.8 Å². The van der Waals surface area contributed by atoms with Gasteiger partial charge >= 0.3 is 0 Å². The Morgan fingerprint density at radius 3 is 2.64 bits per heavy atom. The number of aliphatic hydroxyl groups excluding tert-OH is 1. The molecule has 3 heterocycles. The van der Waals surface area contributed by atoms with E-state index >= 15 is 0 Å². The van der Waals surface area contributed by atoms with Crippen LogP contribution in [0.15, 0.2) is 34.9 Å². The number of piperidine rings is 1. The standard InChI is InChI=1S/C25H33BrClFN4O/c1-2-3-22-16-31(25-23(27)12-18(17-33)14-29-25)10-11-32(22)21-6-8-30(9-7-21)15-19-4-5-20(26)13-24(19)28/h4-5,12-14,21-22,33H,2-3,6-11,15-17H2,1H3/t22-/m0/s1. The van der Waals surface area contributed by atoms with E-state index in [1.54, 1.807) is 12.3 Å². The number of aromatic nitrogens is 1. The fraction of sp³-hybridized carbons (Fsp3) is 0.560. The van der Waals surface area contributed by atoms with Gasteiger partial charge in [0, 0.05) is 54.5 Å². The number of benzene rings is 1. The van der Waals surface area contributed by atoms with Gasteiger partial charge in [-0.2, -0.15) is 0 Å². The van der Waals surface area contributed by atoms with Crippen molar-refractivity contribution in [3.8, 4) is 0 Å². The molecule has 2 aromatic rings. The van der Waals surface area contributed by atoms with E-state index in [1.807, 2.05) is 18.2 Å². The smallest absolute Gasteiger partial charge is 0.147 e. The lowest BCUT2D eigenvalue weighted by molar-refractivity contribution is 0.0587. The molecule has 2 aliphatic heterocycles. The number of hydrogen-bond acceptors (Lipinski definition) is 5. The first-order chi connectivity index (χ1) is 16.0. The second-order valence-corrected chi connectivity index (χ2v) is 10.5. The quantitative estimate of drug-likeness (QED) is 0.531. The van der Waals surface area contributed by atoms with Crippen molar-refractivity contribution in [2.75, 3.05) is 37.6 Å². The van der Waals surface area contributed by atoms with Gasteiger partial charge in [-0.15, -0.1) is 0 Å². The van der Waals surface area contributed by atoms with Crippen molar-refractivity contribution in [3.63, 3.8) is 0 Å². The number of halogens is 3. The lowest BCUT2D eigenvalue weighted by Crippen LogP contribution is -2.58. The van der Waals surface area contributed by atoms with Crippen molar-refractivity contribution in [1.82, 2.24) is 14.8 Å². The summed E-state index contributed by atoms with van der Waals surface area (Å²) in [5, 5.41) is 9.95. The van der Waals surface area contributed by atoms with Crippen LogP contribution in [0.5, 0.6) is 0 Å². The minimum Gasteiger partial charge on any atom is -0.392 e. The van der Waals surface area contributed by atoms with Gasteiger partial charge in [-0.05, 0) is 56.1 Å². The molecule has 0 radical (unpaired) electrons. The number of rotatable bonds is 7. The number of aliphatic hydroxyl groups is 1. The number of likely N-dealkylation sites (tertiary alicyclic amines) is 1. The molecule has 8 heteroatoms. The van der Waals surface area contributed by atoms with Crippen LogP contribution in [-0.2, 0) is 13.2 Å². The topological polar surface area (TPSA) is 42.8 Å². The average Bonchev–Trinajstić information content (AvgIpc) is 2.81. The van der Waals surface area contributed by atoms with E-state index in [0.29, 0.717) is 23.7 Å². The molecule has 5 nitrogen and oxygen atoms in total. The molecular weight excluding hydrogens is 507 g/mol. The summed E-state index contributed by atoms with van der Waals surface area (Å²) in [5.74, 6) is 0.686. The first-order valence-electron chi connectivity index (χ1n) is 11.9. The maximum Gasteiger partial charge on any atom is 0.147 e. The number of nitrogens with zero attached hydrogens (tertiary/aromatic N) is 4. The minimum atomic E-state index is -0.134. The van der Waals surface area contributed by atoms with Crippen molar-refractivity contribution < 1.29 is 9.50 Å². The van der Waals surface area contributed by atoms with Crippen molar-refractivity contribution in [2.24, 2.45) is 0 Å². The molecule has 0 amide bonds. The van der Waals surface area contributed by atoms with Crippen LogP contribution in [0.4, 0.5) is 10.2 Å². The van der Waals surface area contributed by atoms with Gasteiger partial charge in [0.25, 0.3) is 0 Å². The summed E-state index contributed by atoms with van der Waals surface area (Å²) in [4.78, 5) is 11.9. The first kappa shape index (κ1) is 24.9. The molecule has 33 heavy (non-hydrogen) atoms. The Morgan fingerprint density at radius 1 is 1.18 bits per heavy atom. The monoisotopic (exact) mass is 538 g/mol. The summed E-state index contributed by atoms with van der Waals surface area (Å²) in [7, 11) is 0. The number of pyridine rings is 1. The molecule has 2 fully saturated rings. The largest absolute Gasteiger partial charge is 0.392 e. The zero-order valence-electron chi connectivity index (χ0n) is 19.2. The predicted molar refractivity (Wildman–Crippen MR) is 135 cm³/mol. The summed E-state index contributed by atoms with van der Waals surface area (Å²) in [5.41, 5.74) is 1.51. The van der Waals surface area contributed by atoms with Crippen LogP contribution in [0.25, 0.3) is 0 Å². The van der Waals surface area contributed by atoms with E-state index in [1.165, 1.54) is 0 Å². The molecule has 1 atom stereocenters. The van der Waals surface area contributed by atoms with Crippen LogP contribution in [0.2, 0.25) is 5.02 Å². The molecule has 4 rings (SSSR count). The van der Waals surface area contributed by atoms with E-state index in [-0.39, 0.29) is 12.4 Å². The lowest BCUT2D eigenvalue weighted by Gasteiger charge is -2.48. The normalized spacial score (nSPS) is 21.0. The number of hydrogen-bond donors (Lipinski definition) is 1. The van der Waals surface area contributed by atoms with Crippen LogP contribution in [-0.4, -0.2) is 64.7 Å². The molecular formula is C25H33BrClFN4O.